The Morgan fingerprint density at radius 3 is 2.50 bits per heavy atom. The fraction of sp³-hybridized carbons (Fsp3) is 0.235. The number of rotatable bonds is 7. The maximum Gasteiger partial charge on any atom is 0.387 e. The van der Waals surface area contributed by atoms with Crippen LogP contribution in [0.5, 0.6) is 11.5 Å². The monoisotopic (exact) mass is 336 g/mol. The molecule has 0 unspecified atom stereocenters. The van der Waals surface area contributed by atoms with Gasteiger partial charge < -0.3 is 20.1 Å². The van der Waals surface area contributed by atoms with E-state index in [1.807, 2.05) is 6.07 Å². The fourth-order valence-electron chi connectivity index (χ4n) is 2.07. The molecule has 0 atom stereocenters. The smallest absolute Gasteiger partial charge is 0.387 e. The first-order chi connectivity index (χ1) is 11.6. The fourth-order valence-corrected chi connectivity index (χ4v) is 2.07. The van der Waals surface area contributed by atoms with Crippen molar-refractivity contribution in [3.05, 3.63) is 54.1 Å². The number of carbonyl (C=O) groups excluding carboxylic acids is 1. The van der Waals surface area contributed by atoms with Gasteiger partial charge in [-0.3, -0.25) is 0 Å². The van der Waals surface area contributed by atoms with Gasteiger partial charge in [-0.2, -0.15) is 8.78 Å². The topological polar surface area (TPSA) is 59.6 Å². The van der Waals surface area contributed by atoms with Gasteiger partial charge in [-0.15, -0.1) is 0 Å². The lowest BCUT2D eigenvalue weighted by molar-refractivity contribution is -0.0498. The Labute approximate surface area is 138 Å². The van der Waals surface area contributed by atoms with Crippen LogP contribution < -0.4 is 20.1 Å². The number of halogens is 2. The van der Waals surface area contributed by atoms with Gasteiger partial charge in [0, 0.05) is 6.54 Å². The zero-order valence-corrected chi connectivity index (χ0v) is 13.1. The molecule has 2 rings (SSSR count). The highest BCUT2D eigenvalue weighted by molar-refractivity contribution is 5.90. The van der Waals surface area contributed by atoms with Gasteiger partial charge >= 0.3 is 12.6 Å². The van der Waals surface area contributed by atoms with Gasteiger partial charge in [-0.1, -0.05) is 24.3 Å². The second-order valence-electron chi connectivity index (χ2n) is 4.85. The molecule has 24 heavy (non-hydrogen) atoms. The SMILES string of the molecule is COc1ccccc1NC(=O)NCCc1ccc(OC(F)F)cc1. The van der Waals surface area contributed by atoms with Crippen LogP contribution in [0, 0.1) is 0 Å². The molecule has 7 heteroatoms. The second-order valence-corrected chi connectivity index (χ2v) is 4.85. The van der Waals surface area contributed by atoms with Crippen LogP contribution in [0.25, 0.3) is 0 Å². The van der Waals surface area contributed by atoms with Crippen molar-refractivity contribution < 1.29 is 23.0 Å². The molecule has 2 aromatic carbocycles. The molecular weight excluding hydrogens is 318 g/mol. The summed E-state index contributed by atoms with van der Waals surface area (Å²) in [6, 6.07) is 13.0. The molecule has 0 aliphatic rings. The number of urea groups is 1. The van der Waals surface area contributed by atoms with Crippen LogP contribution in [0.3, 0.4) is 0 Å². The summed E-state index contributed by atoms with van der Waals surface area (Å²) in [5.74, 6) is 0.679. The van der Waals surface area contributed by atoms with E-state index in [1.165, 1.54) is 19.2 Å². The lowest BCUT2D eigenvalue weighted by Gasteiger charge is -2.11. The van der Waals surface area contributed by atoms with Gasteiger partial charge in [0.1, 0.15) is 11.5 Å². The molecule has 0 aromatic heterocycles. The van der Waals surface area contributed by atoms with E-state index in [1.54, 1.807) is 30.3 Å². The van der Waals surface area contributed by atoms with Gasteiger partial charge in [-0.05, 0) is 36.2 Å². The van der Waals surface area contributed by atoms with Gasteiger partial charge in [0.25, 0.3) is 0 Å². The molecule has 0 saturated carbocycles. The minimum atomic E-state index is -2.84. The van der Waals surface area contributed by atoms with Crippen LogP contribution in [-0.4, -0.2) is 26.3 Å². The van der Waals surface area contributed by atoms with Crippen molar-refractivity contribution in [2.45, 2.75) is 13.0 Å². The number of benzene rings is 2. The van der Waals surface area contributed by atoms with E-state index in [0.717, 1.165) is 5.56 Å². The average molecular weight is 336 g/mol. The number of nitrogens with one attached hydrogen (secondary N) is 2. The van der Waals surface area contributed by atoms with Gasteiger partial charge in [0.15, 0.2) is 0 Å². The molecule has 0 bridgehead atoms. The Hall–Kier alpha value is -2.83. The summed E-state index contributed by atoms with van der Waals surface area (Å²) in [6.45, 7) is -2.44. The van der Waals surface area contributed by atoms with Crippen LogP contribution >= 0.6 is 0 Å². The van der Waals surface area contributed by atoms with Crippen LogP contribution in [0.4, 0.5) is 19.3 Å². The molecule has 2 aromatic rings. The summed E-state index contributed by atoms with van der Waals surface area (Å²) < 4.78 is 33.5. The van der Waals surface area contributed by atoms with Crippen molar-refractivity contribution >= 4 is 11.7 Å². The van der Waals surface area contributed by atoms with Gasteiger partial charge in [0.2, 0.25) is 0 Å². The van der Waals surface area contributed by atoms with Gasteiger partial charge in [-0.25, -0.2) is 4.79 Å². The first kappa shape index (κ1) is 17.5. The summed E-state index contributed by atoms with van der Waals surface area (Å²) in [5.41, 5.74) is 1.47. The molecule has 0 radical (unpaired) electrons. The number of para-hydroxylation sites is 2. The zero-order valence-electron chi connectivity index (χ0n) is 13.1. The number of hydrogen-bond donors (Lipinski definition) is 2. The van der Waals surface area contributed by atoms with E-state index in [-0.39, 0.29) is 11.8 Å². The molecule has 2 N–H and O–H groups in total. The highest BCUT2D eigenvalue weighted by Crippen LogP contribution is 2.22. The molecule has 0 spiro atoms. The van der Waals surface area contributed by atoms with Crippen molar-refractivity contribution in [1.29, 1.82) is 0 Å². The maximum atomic E-state index is 12.1. The quantitative estimate of drug-likeness (QED) is 0.811. The molecule has 5 nitrogen and oxygen atoms in total. The van der Waals surface area contributed by atoms with Crippen LogP contribution in [0.15, 0.2) is 48.5 Å². The summed E-state index contributed by atoms with van der Waals surface area (Å²) >= 11 is 0. The van der Waals surface area contributed by atoms with E-state index < -0.39 is 6.61 Å². The Bertz CT molecular complexity index is 663. The number of alkyl halides is 2. The molecule has 0 aliphatic heterocycles. The normalized spacial score (nSPS) is 10.3. The summed E-state index contributed by atoms with van der Waals surface area (Å²) in [7, 11) is 1.53. The first-order valence-corrected chi connectivity index (χ1v) is 7.30. The number of methoxy groups -OCH3 is 1. The average Bonchev–Trinajstić information content (AvgIpc) is 2.56. The zero-order chi connectivity index (χ0) is 17.4. The lowest BCUT2D eigenvalue weighted by Crippen LogP contribution is -2.30. The van der Waals surface area contributed by atoms with E-state index in [0.29, 0.717) is 24.4 Å². The van der Waals surface area contributed by atoms with Crippen LogP contribution in [0.1, 0.15) is 5.56 Å². The Morgan fingerprint density at radius 1 is 1.12 bits per heavy atom. The standard InChI is InChI=1S/C17H18F2N2O3/c1-23-15-5-3-2-4-14(15)21-17(22)20-11-10-12-6-8-13(9-7-12)24-16(18)19/h2-9,16H,10-11H2,1H3,(H2,20,21,22). The molecular formula is C17H18F2N2O3. The third kappa shape index (κ3) is 5.42. The van der Waals surface area contributed by atoms with Crippen molar-refractivity contribution in [2.75, 3.05) is 19.0 Å². The van der Waals surface area contributed by atoms with E-state index >= 15 is 0 Å². The number of anilines is 1. The largest absolute Gasteiger partial charge is 0.495 e. The molecule has 2 amide bonds. The molecule has 0 aliphatic carbocycles. The minimum absolute atomic E-state index is 0.107. The lowest BCUT2D eigenvalue weighted by atomic mass is 10.1. The number of hydrogen-bond acceptors (Lipinski definition) is 3. The van der Waals surface area contributed by atoms with Crippen molar-refractivity contribution in [3.8, 4) is 11.5 Å². The van der Waals surface area contributed by atoms with Crippen molar-refractivity contribution in [3.63, 3.8) is 0 Å². The third-order valence-electron chi connectivity index (χ3n) is 3.20. The predicted molar refractivity (Wildman–Crippen MR) is 86.8 cm³/mol. The van der Waals surface area contributed by atoms with Crippen LogP contribution in [0.2, 0.25) is 0 Å². The second kappa shape index (κ2) is 8.71. The van der Waals surface area contributed by atoms with Crippen LogP contribution in [-0.2, 0) is 6.42 Å². The summed E-state index contributed by atoms with van der Waals surface area (Å²) in [5, 5.41) is 5.42. The first-order valence-electron chi connectivity index (χ1n) is 7.30. The summed E-state index contributed by atoms with van der Waals surface area (Å²) in [6.07, 6.45) is 0.564. The number of ether oxygens (including phenoxy) is 2. The van der Waals surface area contributed by atoms with Crippen molar-refractivity contribution in [2.24, 2.45) is 0 Å². The molecule has 0 saturated heterocycles. The van der Waals surface area contributed by atoms with E-state index in [2.05, 4.69) is 15.4 Å². The maximum absolute atomic E-state index is 12.1. The Kier molecular flexibility index (Phi) is 6.36. The summed E-state index contributed by atoms with van der Waals surface area (Å²) in [4.78, 5) is 11.9. The highest BCUT2D eigenvalue weighted by atomic mass is 19.3. The minimum Gasteiger partial charge on any atom is -0.495 e. The molecule has 0 heterocycles. The van der Waals surface area contributed by atoms with E-state index in [4.69, 9.17) is 4.74 Å². The highest BCUT2D eigenvalue weighted by Gasteiger charge is 2.06. The Balaban J connectivity index is 1.78. The van der Waals surface area contributed by atoms with E-state index in [9.17, 15) is 13.6 Å². The predicted octanol–water partition coefficient (Wildman–Crippen LogP) is 3.66. The third-order valence-corrected chi connectivity index (χ3v) is 3.20. The van der Waals surface area contributed by atoms with Crippen molar-refractivity contribution in [1.82, 2.24) is 5.32 Å². The van der Waals surface area contributed by atoms with Gasteiger partial charge in [0.05, 0.1) is 12.8 Å². The molecule has 0 fully saturated rings. The Morgan fingerprint density at radius 2 is 1.83 bits per heavy atom. The molecule has 128 valence electrons. The number of carbonyl (C=O) groups is 1. The number of amides is 2.